The zero-order chi connectivity index (χ0) is 12.2. The maximum absolute atomic E-state index is 11.3. The van der Waals surface area contributed by atoms with Crippen molar-refractivity contribution in [1.82, 2.24) is 10.6 Å². The topological polar surface area (TPSA) is 84.2 Å². The SMILES string of the molecule is CCNC(=O)CCNC(=O)CCCCCN. The molecule has 0 fully saturated rings. The summed E-state index contributed by atoms with van der Waals surface area (Å²) in [5, 5.41) is 5.39. The van der Waals surface area contributed by atoms with E-state index in [1.807, 2.05) is 6.92 Å². The second-order valence-corrected chi connectivity index (χ2v) is 3.65. The fourth-order valence-corrected chi connectivity index (χ4v) is 1.30. The summed E-state index contributed by atoms with van der Waals surface area (Å²) >= 11 is 0. The van der Waals surface area contributed by atoms with E-state index < -0.39 is 0 Å². The van der Waals surface area contributed by atoms with Gasteiger partial charge in [-0.1, -0.05) is 6.42 Å². The summed E-state index contributed by atoms with van der Waals surface area (Å²) in [5.41, 5.74) is 5.34. The lowest BCUT2D eigenvalue weighted by atomic mass is 10.2. The van der Waals surface area contributed by atoms with Gasteiger partial charge in [-0.05, 0) is 26.3 Å². The van der Waals surface area contributed by atoms with Crippen LogP contribution in [0.3, 0.4) is 0 Å². The van der Waals surface area contributed by atoms with E-state index >= 15 is 0 Å². The molecule has 5 nitrogen and oxygen atoms in total. The Labute approximate surface area is 97.2 Å². The van der Waals surface area contributed by atoms with Crippen LogP contribution in [0.4, 0.5) is 0 Å². The third kappa shape index (κ3) is 9.45. The summed E-state index contributed by atoms with van der Waals surface area (Å²) in [5.74, 6) is -0.00717. The van der Waals surface area contributed by atoms with Crippen LogP contribution in [0.2, 0.25) is 0 Å². The third-order valence-corrected chi connectivity index (χ3v) is 2.16. The first kappa shape index (κ1) is 14.9. The number of nitrogens with one attached hydrogen (secondary N) is 2. The van der Waals surface area contributed by atoms with Crippen LogP contribution in [0.5, 0.6) is 0 Å². The number of nitrogens with two attached hydrogens (primary N) is 1. The van der Waals surface area contributed by atoms with Gasteiger partial charge in [0.1, 0.15) is 0 Å². The Morgan fingerprint density at radius 2 is 1.69 bits per heavy atom. The number of amides is 2. The van der Waals surface area contributed by atoms with E-state index in [9.17, 15) is 9.59 Å². The van der Waals surface area contributed by atoms with E-state index in [0.717, 1.165) is 19.3 Å². The van der Waals surface area contributed by atoms with Crippen LogP contribution in [0.25, 0.3) is 0 Å². The molecule has 94 valence electrons. The summed E-state index contributed by atoms with van der Waals surface area (Å²) in [7, 11) is 0. The molecule has 0 saturated heterocycles. The minimum Gasteiger partial charge on any atom is -0.356 e. The summed E-state index contributed by atoms with van der Waals surface area (Å²) in [4.78, 5) is 22.3. The van der Waals surface area contributed by atoms with Gasteiger partial charge in [-0.25, -0.2) is 0 Å². The van der Waals surface area contributed by atoms with Gasteiger partial charge in [-0.2, -0.15) is 0 Å². The lowest BCUT2D eigenvalue weighted by Gasteiger charge is -2.05. The van der Waals surface area contributed by atoms with Gasteiger partial charge in [0.2, 0.25) is 11.8 Å². The van der Waals surface area contributed by atoms with E-state index in [0.29, 0.717) is 32.5 Å². The molecule has 0 aromatic carbocycles. The lowest BCUT2D eigenvalue weighted by molar-refractivity contribution is -0.122. The van der Waals surface area contributed by atoms with E-state index in [2.05, 4.69) is 10.6 Å². The van der Waals surface area contributed by atoms with Crippen molar-refractivity contribution in [2.24, 2.45) is 5.73 Å². The summed E-state index contributed by atoms with van der Waals surface area (Å²) in [6, 6.07) is 0. The van der Waals surface area contributed by atoms with Gasteiger partial charge in [0.05, 0.1) is 0 Å². The highest BCUT2D eigenvalue weighted by Crippen LogP contribution is 1.97. The van der Waals surface area contributed by atoms with Gasteiger partial charge < -0.3 is 16.4 Å². The average molecular weight is 229 g/mol. The molecule has 0 rings (SSSR count). The standard InChI is InChI=1S/C11H23N3O2/c1-2-13-11(16)7-9-14-10(15)6-4-3-5-8-12/h2-9,12H2,1H3,(H,13,16)(H,14,15). The maximum Gasteiger partial charge on any atom is 0.221 e. The van der Waals surface area contributed by atoms with Gasteiger partial charge in [-0.3, -0.25) is 9.59 Å². The van der Waals surface area contributed by atoms with Crippen molar-refractivity contribution in [2.45, 2.75) is 39.0 Å². The first-order valence-corrected chi connectivity index (χ1v) is 5.94. The highest BCUT2D eigenvalue weighted by atomic mass is 16.2. The zero-order valence-electron chi connectivity index (χ0n) is 10.1. The van der Waals surface area contributed by atoms with Crippen molar-refractivity contribution in [3.05, 3.63) is 0 Å². The van der Waals surface area contributed by atoms with E-state index in [-0.39, 0.29) is 11.8 Å². The molecule has 0 aliphatic heterocycles. The van der Waals surface area contributed by atoms with Crippen LogP contribution in [0, 0.1) is 0 Å². The van der Waals surface area contributed by atoms with Crippen molar-refractivity contribution in [3.8, 4) is 0 Å². The van der Waals surface area contributed by atoms with E-state index in [1.165, 1.54) is 0 Å². The van der Waals surface area contributed by atoms with Crippen molar-refractivity contribution in [2.75, 3.05) is 19.6 Å². The average Bonchev–Trinajstić information content (AvgIpc) is 2.25. The molecule has 0 aromatic heterocycles. The second kappa shape index (κ2) is 10.4. The normalized spacial score (nSPS) is 9.88. The van der Waals surface area contributed by atoms with E-state index in [4.69, 9.17) is 5.73 Å². The third-order valence-electron chi connectivity index (χ3n) is 2.16. The second-order valence-electron chi connectivity index (χ2n) is 3.65. The van der Waals surface area contributed by atoms with Gasteiger partial charge in [0, 0.05) is 25.9 Å². The highest BCUT2D eigenvalue weighted by molar-refractivity contribution is 5.78. The molecule has 0 heterocycles. The molecule has 0 atom stereocenters. The summed E-state index contributed by atoms with van der Waals surface area (Å²) in [6.45, 7) is 3.60. The first-order valence-electron chi connectivity index (χ1n) is 5.94. The quantitative estimate of drug-likeness (QED) is 0.492. The summed E-state index contributed by atoms with van der Waals surface area (Å²) in [6.07, 6.45) is 3.69. The number of hydrogen-bond donors (Lipinski definition) is 3. The maximum atomic E-state index is 11.3. The fourth-order valence-electron chi connectivity index (χ4n) is 1.30. The zero-order valence-corrected chi connectivity index (χ0v) is 10.1. The molecule has 0 saturated carbocycles. The van der Waals surface area contributed by atoms with Crippen molar-refractivity contribution < 1.29 is 9.59 Å². The van der Waals surface area contributed by atoms with Crippen LogP contribution in [-0.4, -0.2) is 31.4 Å². The molecule has 0 bridgehead atoms. The van der Waals surface area contributed by atoms with Gasteiger partial charge in [0.25, 0.3) is 0 Å². The van der Waals surface area contributed by atoms with Crippen LogP contribution in [-0.2, 0) is 9.59 Å². The van der Waals surface area contributed by atoms with Crippen LogP contribution in [0.15, 0.2) is 0 Å². The van der Waals surface area contributed by atoms with Gasteiger partial charge in [-0.15, -0.1) is 0 Å². The molecule has 0 spiro atoms. The molecule has 0 aromatic rings. The predicted octanol–water partition coefficient (Wildman–Crippen LogP) is 0.148. The Morgan fingerprint density at radius 1 is 1.00 bits per heavy atom. The number of hydrogen-bond acceptors (Lipinski definition) is 3. The molecule has 4 N–H and O–H groups in total. The van der Waals surface area contributed by atoms with Gasteiger partial charge >= 0.3 is 0 Å². The van der Waals surface area contributed by atoms with Crippen LogP contribution >= 0.6 is 0 Å². The number of rotatable bonds is 9. The van der Waals surface area contributed by atoms with Crippen molar-refractivity contribution in [1.29, 1.82) is 0 Å². The number of unbranched alkanes of at least 4 members (excludes halogenated alkanes) is 2. The molecule has 0 unspecified atom stereocenters. The molecular formula is C11H23N3O2. The molecular weight excluding hydrogens is 206 g/mol. The molecule has 0 radical (unpaired) electrons. The Kier molecular flexibility index (Phi) is 9.70. The Balaban J connectivity index is 3.33. The summed E-state index contributed by atoms with van der Waals surface area (Å²) < 4.78 is 0. The first-order chi connectivity index (χ1) is 7.70. The van der Waals surface area contributed by atoms with Crippen molar-refractivity contribution in [3.63, 3.8) is 0 Å². The fraction of sp³-hybridized carbons (Fsp3) is 0.818. The van der Waals surface area contributed by atoms with E-state index in [1.54, 1.807) is 0 Å². The lowest BCUT2D eigenvalue weighted by Crippen LogP contribution is -2.30. The number of carbonyl (C=O) groups is 2. The van der Waals surface area contributed by atoms with Crippen molar-refractivity contribution >= 4 is 11.8 Å². The van der Waals surface area contributed by atoms with Crippen LogP contribution < -0.4 is 16.4 Å². The van der Waals surface area contributed by atoms with Crippen LogP contribution in [0.1, 0.15) is 39.0 Å². The predicted molar refractivity (Wildman–Crippen MR) is 63.8 cm³/mol. The molecule has 2 amide bonds. The smallest absolute Gasteiger partial charge is 0.221 e. The molecule has 0 aliphatic carbocycles. The Bertz CT molecular complexity index is 207. The monoisotopic (exact) mass is 229 g/mol. The minimum atomic E-state index is -0.0223. The largest absolute Gasteiger partial charge is 0.356 e. The highest BCUT2D eigenvalue weighted by Gasteiger charge is 2.02. The van der Waals surface area contributed by atoms with Gasteiger partial charge in [0.15, 0.2) is 0 Å². The molecule has 0 aliphatic rings. The molecule has 5 heteroatoms. The Morgan fingerprint density at radius 3 is 2.31 bits per heavy atom. The number of carbonyl (C=O) groups excluding carboxylic acids is 2. The minimum absolute atomic E-state index is 0.0151. The Hall–Kier alpha value is -1.10. The molecule has 16 heavy (non-hydrogen) atoms.